The number of ether oxygens (including phenoxy) is 1. The maximum Gasteiger partial charge on any atom is 0.245 e. The van der Waals surface area contributed by atoms with Gasteiger partial charge in [0, 0.05) is 20.2 Å². The van der Waals surface area contributed by atoms with E-state index >= 15 is 0 Å². The molecular weight excluding hydrogens is 292 g/mol. The standard InChI is InChI=1S/C18H24N2O3/c1-17(15(21)19-11-13-23-2)10-12-20(17)16(22)18(8-9-18)14-6-4-3-5-7-14/h3-7H,8-13H2,1-2H3,(H,19,21). The monoisotopic (exact) mass is 316 g/mol. The molecule has 1 atom stereocenters. The summed E-state index contributed by atoms with van der Waals surface area (Å²) in [6, 6.07) is 9.92. The van der Waals surface area contributed by atoms with Crippen LogP contribution in [0.5, 0.6) is 0 Å². The van der Waals surface area contributed by atoms with Crippen molar-refractivity contribution in [3.63, 3.8) is 0 Å². The summed E-state index contributed by atoms with van der Waals surface area (Å²) < 4.78 is 4.96. The smallest absolute Gasteiger partial charge is 0.245 e. The number of hydrogen-bond donors (Lipinski definition) is 1. The highest BCUT2D eigenvalue weighted by atomic mass is 16.5. The first-order valence-electron chi connectivity index (χ1n) is 8.19. The van der Waals surface area contributed by atoms with Crippen LogP contribution < -0.4 is 5.32 Å². The summed E-state index contributed by atoms with van der Waals surface area (Å²) in [6.45, 7) is 3.46. The molecule has 1 aromatic carbocycles. The molecule has 0 spiro atoms. The third-order valence-electron chi connectivity index (χ3n) is 5.23. The van der Waals surface area contributed by atoms with E-state index < -0.39 is 11.0 Å². The lowest BCUT2D eigenvalue weighted by atomic mass is 9.82. The molecular formula is C18H24N2O3. The fourth-order valence-corrected chi connectivity index (χ4v) is 3.34. The largest absolute Gasteiger partial charge is 0.383 e. The van der Waals surface area contributed by atoms with E-state index in [0.717, 1.165) is 18.4 Å². The maximum absolute atomic E-state index is 13.1. The van der Waals surface area contributed by atoms with E-state index in [9.17, 15) is 9.59 Å². The third kappa shape index (κ3) is 2.63. The Morgan fingerprint density at radius 3 is 2.43 bits per heavy atom. The molecule has 1 aliphatic carbocycles. The molecule has 124 valence electrons. The van der Waals surface area contributed by atoms with Gasteiger partial charge in [0.05, 0.1) is 12.0 Å². The van der Waals surface area contributed by atoms with Gasteiger partial charge in [-0.3, -0.25) is 9.59 Å². The second-order valence-electron chi connectivity index (χ2n) is 6.68. The SMILES string of the molecule is COCCNC(=O)C1(C)CCN1C(=O)C1(c2ccccc2)CC1. The zero-order valence-electron chi connectivity index (χ0n) is 13.8. The van der Waals surface area contributed by atoms with Crippen molar-refractivity contribution in [1.82, 2.24) is 10.2 Å². The lowest BCUT2D eigenvalue weighted by molar-refractivity contribution is -0.159. The van der Waals surface area contributed by atoms with Gasteiger partial charge in [0.1, 0.15) is 5.54 Å². The third-order valence-corrected chi connectivity index (χ3v) is 5.23. The molecule has 5 heteroatoms. The maximum atomic E-state index is 13.1. The second-order valence-corrected chi connectivity index (χ2v) is 6.68. The lowest BCUT2D eigenvalue weighted by Crippen LogP contribution is -2.69. The minimum Gasteiger partial charge on any atom is -0.383 e. The normalized spacial score (nSPS) is 24.7. The highest BCUT2D eigenvalue weighted by Crippen LogP contribution is 2.51. The van der Waals surface area contributed by atoms with Gasteiger partial charge in [0.25, 0.3) is 0 Å². The predicted octanol–water partition coefficient (Wildman–Crippen LogP) is 1.47. The van der Waals surface area contributed by atoms with Crippen molar-refractivity contribution in [2.75, 3.05) is 26.8 Å². The number of carbonyl (C=O) groups is 2. The van der Waals surface area contributed by atoms with Gasteiger partial charge in [-0.2, -0.15) is 0 Å². The molecule has 3 rings (SSSR count). The fraction of sp³-hybridized carbons (Fsp3) is 0.556. The number of amides is 2. The van der Waals surface area contributed by atoms with E-state index in [1.54, 1.807) is 12.0 Å². The minimum absolute atomic E-state index is 0.0852. The van der Waals surface area contributed by atoms with Gasteiger partial charge < -0.3 is 15.0 Å². The number of hydrogen-bond acceptors (Lipinski definition) is 3. The van der Waals surface area contributed by atoms with E-state index in [1.165, 1.54) is 0 Å². The summed E-state index contributed by atoms with van der Waals surface area (Å²) >= 11 is 0. The van der Waals surface area contributed by atoms with Crippen molar-refractivity contribution in [1.29, 1.82) is 0 Å². The van der Waals surface area contributed by atoms with Crippen LogP contribution in [-0.4, -0.2) is 49.1 Å². The highest BCUT2D eigenvalue weighted by molar-refractivity contribution is 5.98. The van der Waals surface area contributed by atoms with Crippen LogP contribution in [0, 0.1) is 0 Å². The molecule has 2 amide bonds. The molecule has 2 aliphatic rings. The second kappa shape index (κ2) is 5.96. The Morgan fingerprint density at radius 1 is 1.22 bits per heavy atom. The molecule has 0 bridgehead atoms. The highest BCUT2D eigenvalue weighted by Gasteiger charge is 2.59. The van der Waals surface area contributed by atoms with Crippen molar-refractivity contribution >= 4 is 11.8 Å². The summed E-state index contributed by atoms with van der Waals surface area (Å²) in [5, 5.41) is 2.86. The van der Waals surface area contributed by atoms with Crippen LogP contribution in [-0.2, 0) is 19.7 Å². The zero-order chi connectivity index (χ0) is 16.5. The summed E-state index contributed by atoms with van der Waals surface area (Å²) in [5.74, 6) is 0.0114. The number of methoxy groups -OCH3 is 1. The molecule has 1 saturated carbocycles. The molecule has 23 heavy (non-hydrogen) atoms. The molecule has 1 aromatic rings. The topological polar surface area (TPSA) is 58.6 Å². The number of rotatable bonds is 6. The molecule has 2 fully saturated rings. The minimum atomic E-state index is -0.727. The predicted molar refractivity (Wildman–Crippen MR) is 87.0 cm³/mol. The van der Waals surface area contributed by atoms with Gasteiger partial charge in [-0.05, 0) is 31.7 Å². The molecule has 1 N–H and O–H groups in total. The van der Waals surface area contributed by atoms with E-state index in [-0.39, 0.29) is 11.8 Å². The van der Waals surface area contributed by atoms with Gasteiger partial charge in [-0.15, -0.1) is 0 Å². The lowest BCUT2D eigenvalue weighted by Gasteiger charge is -2.50. The van der Waals surface area contributed by atoms with Crippen LogP contribution in [0.4, 0.5) is 0 Å². The fourth-order valence-electron chi connectivity index (χ4n) is 3.34. The first-order chi connectivity index (χ1) is 11.0. The van der Waals surface area contributed by atoms with Gasteiger partial charge in [-0.1, -0.05) is 30.3 Å². The Hall–Kier alpha value is -1.88. The van der Waals surface area contributed by atoms with Crippen LogP contribution in [0.15, 0.2) is 30.3 Å². The van der Waals surface area contributed by atoms with Crippen molar-refractivity contribution in [2.24, 2.45) is 0 Å². The Morgan fingerprint density at radius 2 is 1.91 bits per heavy atom. The summed E-state index contributed by atoms with van der Waals surface area (Å²) in [5.41, 5.74) is -0.0654. The van der Waals surface area contributed by atoms with Gasteiger partial charge >= 0.3 is 0 Å². The van der Waals surface area contributed by atoms with Gasteiger partial charge in [0.15, 0.2) is 0 Å². The van der Waals surface area contributed by atoms with Crippen LogP contribution >= 0.6 is 0 Å². The average Bonchev–Trinajstić information content (AvgIpc) is 3.36. The summed E-state index contributed by atoms with van der Waals surface area (Å²) in [7, 11) is 1.60. The Labute approximate surface area is 137 Å². The number of benzene rings is 1. The summed E-state index contributed by atoms with van der Waals surface area (Å²) in [6.07, 6.45) is 2.45. The Balaban J connectivity index is 1.72. The molecule has 5 nitrogen and oxygen atoms in total. The van der Waals surface area contributed by atoms with Crippen LogP contribution in [0.1, 0.15) is 31.7 Å². The van der Waals surface area contributed by atoms with Crippen LogP contribution in [0.2, 0.25) is 0 Å². The van der Waals surface area contributed by atoms with Crippen LogP contribution in [0.3, 0.4) is 0 Å². The average molecular weight is 316 g/mol. The Bertz CT molecular complexity index is 598. The summed E-state index contributed by atoms with van der Waals surface area (Å²) in [4.78, 5) is 27.3. The van der Waals surface area contributed by atoms with Crippen molar-refractivity contribution in [3.05, 3.63) is 35.9 Å². The molecule has 1 unspecified atom stereocenters. The molecule has 0 radical (unpaired) electrons. The molecule has 1 heterocycles. The number of likely N-dealkylation sites (tertiary alicyclic amines) is 1. The first-order valence-corrected chi connectivity index (χ1v) is 8.19. The zero-order valence-corrected chi connectivity index (χ0v) is 13.8. The van der Waals surface area contributed by atoms with E-state index in [2.05, 4.69) is 5.32 Å². The van der Waals surface area contributed by atoms with Crippen molar-refractivity contribution in [2.45, 2.75) is 37.1 Å². The quantitative estimate of drug-likeness (QED) is 0.809. The number of nitrogens with one attached hydrogen (secondary N) is 1. The van der Waals surface area contributed by atoms with Crippen molar-refractivity contribution < 1.29 is 14.3 Å². The van der Waals surface area contributed by atoms with Crippen LogP contribution in [0.25, 0.3) is 0 Å². The van der Waals surface area contributed by atoms with E-state index in [4.69, 9.17) is 4.74 Å². The van der Waals surface area contributed by atoms with Gasteiger partial charge in [-0.25, -0.2) is 0 Å². The van der Waals surface area contributed by atoms with E-state index in [0.29, 0.717) is 26.1 Å². The molecule has 1 saturated heterocycles. The molecule has 0 aromatic heterocycles. The first kappa shape index (κ1) is 16.0. The number of nitrogens with zero attached hydrogens (tertiary/aromatic N) is 1. The molecule has 1 aliphatic heterocycles. The van der Waals surface area contributed by atoms with Crippen molar-refractivity contribution in [3.8, 4) is 0 Å². The Kier molecular flexibility index (Phi) is 4.15. The van der Waals surface area contributed by atoms with E-state index in [1.807, 2.05) is 37.3 Å². The van der Waals surface area contributed by atoms with Gasteiger partial charge in [0.2, 0.25) is 11.8 Å². The number of carbonyl (C=O) groups excluding carboxylic acids is 2.